The number of hydrogen-bond acceptors (Lipinski definition) is 7. The predicted molar refractivity (Wildman–Crippen MR) is 112 cm³/mol. The molecule has 0 saturated carbocycles. The lowest BCUT2D eigenvalue weighted by molar-refractivity contribution is -0.140. The van der Waals surface area contributed by atoms with E-state index in [0.29, 0.717) is 43.1 Å². The van der Waals surface area contributed by atoms with Gasteiger partial charge in [-0.2, -0.15) is 0 Å². The first-order chi connectivity index (χ1) is 15.0. The Bertz CT molecular complexity index is 1000. The first kappa shape index (κ1) is 19.9. The summed E-state index contributed by atoms with van der Waals surface area (Å²) in [6.45, 7) is 3.02. The molecule has 0 N–H and O–H groups in total. The van der Waals surface area contributed by atoms with E-state index in [4.69, 9.17) is 9.47 Å². The number of hydrogen-bond donors (Lipinski definition) is 0. The molecule has 1 aromatic heterocycles. The summed E-state index contributed by atoms with van der Waals surface area (Å²) < 4.78 is 11.2. The SMILES string of the molecule is COC(=O)c1cnc(N2CCC3(CC2)OC2CCC(c4ccccc4)N2C3=O)nc1C. The molecule has 5 rings (SSSR count). The number of carbonyl (C=O) groups is 2. The molecule has 162 valence electrons. The average Bonchev–Trinajstić information content (AvgIpc) is 3.32. The number of nitrogens with zero attached hydrogens (tertiary/aromatic N) is 4. The Labute approximate surface area is 181 Å². The zero-order valence-corrected chi connectivity index (χ0v) is 17.8. The van der Waals surface area contributed by atoms with Crippen molar-refractivity contribution in [3.8, 4) is 0 Å². The molecule has 3 aliphatic heterocycles. The highest BCUT2D eigenvalue weighted by atomic mass is 16.6. The number of piperidine rings is 1. The van der Waals surface area contributed by atoms with E-state index in [9.17, 15) is 9.59 Å². The molecule has 8 nitrogen and oxygen atoms in total. The minimum atomic E-state index is -0.754. The van der Waals surface area contributed by atoms with Crippen molar-refractivity contribution in [3.05, 3.63) is 53.3 Å². The average molecular weight is 422 g/mol. The maximum atomic E-state index is 13.5. The van der Waals surface area contributed by atoms with Crippen LogP contribution in [0.4, 0.5) is 5.95 Å². The van der Waals surface area contributed by atoms with Crippen LogP contribution in [0.15, 0.2) is 36.5 Å². The van der Waals surface area contributed by atoms with Crippen molar-refractivity contribution >= 4 is 17.8 Å². The molecule has 4 heterocycles. The van der Waals surface area contributed by atoms with Crippen molar-refractivity contribution in [2.45, 2.75) is 50.5 Å². The fourth-order valence-corrected chi connectivity index (χ4v) is 5.03. The Morgan fingerprint density at radius 2 is 1.94 bits per heavy atom. The summed E-state index contributed by atoms with van der Waals surface area (Å²) >= 11 is 0. The molecule has 0 aliphatic carbocycles. The van der Waals surface area contributed by atoms with Gasteiger partial charge in [-0.15, -0.1) is 0 Å². The molecule has 3 aliphatic rings. The molecule has 1 amide bonds. The number of aryl methyl sites for hydroxylation is 1. The molecule has 2 unspecified atom stereocenters. The number of methoxy groups -OCH3 is 1. The van der Waals surface area contributed by atoms with Gasteiger partial charge in [-0.1, -0.05) is 30.3 Å². The van der Waals surface area contributed by atoms with E-state index in [-0.39, 0.29) is 18.2 Å². The number of benzene rings is 1. The fraction of sp³-hybridized carbons (Fsp3) is 0.478. The lowest BCUT2D eigenvalue weighted by Crippen LogP contribution is -2.50. The maximum Gasteiger partial charge on any atom is 0.341 e. The second-order valence-electron chi connectivity index (χ2n) is 8.43. The molecule has 3 saturated heterocycles. The topological polar surface area (TPSA) is 84.9 Å². The van der Waals surface area contributed by atoms with Crippen molar-refractivity contribution in [2.24, 2.45) is 0 Å². The van der Waals surface area contributed by atoms with Crippen LogP contribution >= 0.6 is 0 Å². The van der Waals surface area contributed by atoms with Gasteiger partial charge in [0.25, 0.3) is 5.91 Å². The summed E-state index contributed by atoms with van der Waals surface area (Å²) in [5.41, 5.74) is 1.36. The molecule has 31 heavy (non-hydrogen) atoms. The maximum absolute atomic E-state index is 13.5. The van der Waals surface area contributed by atoms with E-state index in [0.717, 1.165) is 12.8 Å². The standard InChI is InChI=1S/C23H26N4O4/c1-15-17(20(28)30-2)14-24-22(25-15)26-12-10-23(11-13-26)21(29)27-18(8-9-19(27)31-23)16-6-4-3-5-7-16/h3-7,14,18-19H,8-13H2,1-2H3. The van der Waals surface area contributed by atoms with E-state index in [1.165, 1.54) is 18.9 Å². The zero-order valence-electron chi connectivity index (χ0n) is 17.8. The summed E-state index contributed by atoms with van der Waals surface area (Å²) in [6, 6.07) is 10.3. The number of aromatic nitrogens is 2. The largest absolute Gasteiger partial charge is 0.465 e. The first-order valence-electron chi connectivity index (χ1n) is 10.7. The van der Waals surface area contributed by atoms with Gasteiger partial charge in [0.05, 0.1) is 24.4 Å². The molecule has 1 spiro atoms. The van der Waals surface area contributed by atoms with Crippen LogP contribution < -0.4 is 4.90 Å². The number of amides is 1. The number of anilines is 1. The molecular formula is C23H26N4O4. The minimum Gasteiger partial charge on any atom is -0.465 e. The van der Waals surface area contributed by atoms with Gasteiger partial charge < -0.3 is 19.3 Å². The Morgan fingerprint density at radius 1 is 1.19 bits per heavy atom. The molecule has 2 atom stereocenters. The van der Waals surface area contributed by atoms with Crippen molar-refractivity contribution in [2.75, 3.05) is 25.1 Å². The third-order valence-corrected chi connectivity index (χ3v) is 6.73. The zero-order chi connectivity index (χ0) is 21.6. The van der Waals surface area contributed by atoms with Gasteiger partial charge in [0, 0.05) is 32.1 Å². The van der Waals surface area contributed by atoms with E-state index in [1.54, 1.807) is 6.92 Å². The Morgan fingerprint density at radius 3 is 2.61 bits per heavy atom. The summed E-state index contributed by atoms with van der Waals surface area (Å²) in [5.74, 6) is 0.231. The molecule has 2 aromatic rings. The van der Waals surface area contributed by atoms with Crippen LogP contribution in [0.3, 0.4) is 0 Å². The molecule has 3 fully saturated rings. The quantitative estimate of drug-likeness (QED) is 0.703. The normalized spacial score (nSPS) is 24.5. The van der Waals surface area contributed by atoms with Crippen LogP contribution in [0.25, 0.3) is 0 Å². The van der Waals surface area contributed by atoms with E-state index in [2.05, 4.69) is 22.1 Å². The monoisotopic (exact) mass is 422 g/mol. The second-order valence-corrected chi connectivity index (χ2v) is 8.43. The van der Waals surface area contributed by atoms with Gasteiger partial charge in [-0.3, -0.25) is 4.79 Å². The van der Waals surface area contributed by atoms with Crippen LogP contribution in [0, 0.1) is 6.92 Å². The smallest absolute Gasteiger partial charge is 0.341 e. The third-order valence-electron chi connectivity index (χ3n) is 6.73. The summed E-state index contributed by atoms with van der Waals surface area (Å²) in [7, 11) is 1.34. The van der Waals surface area contributed by atoms with E-state index in [1.807, 2.05) is 28.0 Å². The number of esters is 1. The number of carbonyl (C=O) groups excluding carboxylic acids is 2. The van der Waals surface area contributed by atoms with Crippen LogP contribution in [-0.4, -0.2) is 58.8 Å². The molecule has 0 radical (unpaired) electrons. The highest BCUT2D eigenvalue weighted by Crippen LogP contribution is 2.47. The summed E-state index contributed by atoms with van der Waals surface area (Å²) in [6.07, 6.45) is 4.37. The predicted octanol–water partition coefficient (Wildman–Crippen LogP) is 2.63. The number of fused-ring (bicyclic) bond motifs is 1. The van der Waals surface area contributed by atoms with Gasteiger partial charge in [0.15, 0.2) is 5.60 Å². The Balaban J connectivity index is 1.30. The van der Waals surface area contributed by atoms with Gasteiger partial charge in [0.2, 0.25) is 5.95 Å². The molecule has 8 heteroatoms. The van der Waals surface area contributed by atoms with Crippen LogP contribution in [0.1, 0.15) is 53.3 Å². The van der Waals surface area contributed by atoms with Crippen molar-refractivity contribution < 1.29 is 19.1 Å². The highest BCUT2D eigenvalue weighted by Gasteiger charge is 2.58. The lowest BCUT2D eigenvalue weighted by Gasteiger charge is -2.37. The van der Waals surface area contributed by atoms with Crippen LogP contribution in [-0.2, 0) is 14.3 Å². The van der Waals surface area contributed by atoms with Crippen molar-refractivity contribution in [1.82, 2.24) is 14.9 Å². The number of ether oxygens (including phenoxy) is 2. The lowest BCUT2D eigenvalue weighted by atomic mass is 9.89. The van der Waals surface area contributed by atoms with Crippen LogP contribution in [0.2, 0.25) is 0 Å². The van der Waals surface area contributed by atoms with Gasteiger partial charge in [-0.05, 0) is 25.3 Å². The Hall–Kier alpha value is -3.00. The summed E-state index contributed by atoms with van der Waals surface area (Å²) in [5, 5.41) is 0. The van der Waals surface area contributed by atoms with Crippen molar-refractivity contribution in [1.29, 1.82) is 0 Å². The van der Waals surface area contributed by atoms with Gasteiger partial charge >= 0.3 is 5.97 Å². The van der Waals surface area contributed by atoms with Gasteiger partial charge in [-0.25, -0.2) is 14.8 Å². The Kier molecular flexibility index (Phi) is 4.89. The van der Waals surface area contributed by atoms with E-state index >= 15 is 0 Å². The first-order valence-corrected chi connectivity index (χ1v) is 10.7. The molecule has 0 bridgehead atoms. The minimum absolute atomic E-state index is 0.0907. The van der Waals surface area contributed by atoms with Crippen molar-refractivity contribution in [3.63, 3.8) is 0 Å². The van der Waals surface area contributed by atoms with Gasteiger partial charge in [0.1, 0.15) is 6.23 Å². The summed E-state index contributed by atoms with van der Waals surface area (Å²) in [4.78, 5) is 38.1. The third kappa shape index (κ3) is 3.26. The molecule has 1 aromatic carbocycles. The number of rotatable bonds is 3. The van der Waals surface area contributed by atoms with Crippen LogP contribution in [0.5, 0.6) is 0 Å². The van der Waals surface area contributed by atoms with E-state index < -0.39 is 11.6 Å². The molecular weight excluding hydrogens is 396 g/mol. The second kappa shape index (κ2) is 7.60. The highest BCUT2D eigenvalue weighted by molar-refractivity contribution is 5.90. The fourth-order valence-electron chi connectivity index (χ4n) is 5.03.